The maximum atomic E-state index is 5.98. The molecule has 3 aromatic rings. The Balaban J connectivity index is 2.00. The van der Waals surface area contributed by atoms with Crippen LogP contribution in [-0.2, 0) is 0 Å². The van der Waals surface area contributed by atoms with Gasteiger partial charge in [0.25, 0.3) is 0 Å². The van der Waals surface area contributed by atoms with Gasteiger partial charge in [0.1, 0.15) is 0 Å². The van der Waals surface area contributed by atoms with Gasteiger partial charge in [-0.2, -0.15) is 0 Å². The Morgan fingerprint density at radius 2 is 1.25 bits per heavy atom. The Morgan fingerprint density at radius 3 is 1.95 bits per heavy atom. The predicted molar refractivity (Wildman–Crippen MR) is 83.9 cm³/mol. The van der Waals surface area contributed by atoms with Crippen LogP contribution in [0.15, 0.2) is 66.9 Å². The van der Waals surface area contributed by atoms with Crippen molar-refractivity contribution in [2.45, 2.75) is 0 Å². The van der Waals surface area contributed by atoms with E-state index in [9.17, 15) is 0 Å². The first-order chi connectivity index (χ1) is 9.75. The molecule has 2 aromatic carbocycles. The maximum Gasteiger partial charge on any atom is 0.0952 e. The average Bonchev–Trinajstić information content (AvgIpc) is 2.51. The number of aromatic nitrogens is 1. The molecule has 1 aromatic heterocycles. The molecule has 0 aliphatic carbocycles. The van der Waals surface area contributed by atoms with E-state index < -0.39 is 0 Å². The third kappa shape index (κ3) is 2.21. The summed E-state index contributed by atoms with van der Waals surface area (Å²) >= 11 is 0. The van der Waals surface area contributed by atoms with E-state index in [0.717, 1.165) is 16.8 Å². The molecule has 1 heterocycles. The van der Waals surface area contributed by atoms with Crippen LogP contribution in [0.5, 0.6) is 0 Å². The Morgan fingerprint density at radius 1 is 0.650 bits per heavy atom. The van der Waals surface area contributed by atoms with Crippen molar-refractivity contribution in [1.29, 1.82) is 0 Å². The minimum atomic E-state index is 0.528. The highest BCUT2D eigenvalue weighted by Gasteiger charge is 2.07. The van der Waals surface area contributed by atoms with Gasteiger partial charge in [0.05, 0.1) is 17.1 Å². The Labute approximate surface area is 117 Å². The monoisotopic (exact) mass is 261 g/mol. The van der Waals surface area contributed by atoms with Gasteiger partial charge in [-0.05, 0) is 17.2 Å². The molecule has 0 aliphatic rings. The molecule has 4 N–H and O–H groups in total. The summed E-state index contributed by atoms with van der Waals surface area (Å²) in [7, 11) is 0. The SMILES string of the molecule is Nc1ccnc(-c2ccc(-c3ccccc3)cc2)c1N. The van der Waals surface area contributed by atoms with Crippen LogP contribution in [0.1, 0.15) is 0 Å². The molecule has 0 amide bonds. The van der Waals surface area contributed by atoms with E-state index >= 15 is 0 Å². The molecule has 0 radical (unpaired) electrons. The Hall–Kier alpha value is -2.81. The minimum Gasteiger partial charge on any atom is -0.397 e. The maximum absolute atomic E-state index is 5.98. The molecule has 0 unspecified atom stereocenters. The van der Waals surface area contributed by atoms with Crippen molar-refractivity contribution >= 4 is 11.4 Å². The number of rotatable bonds is 2. The summed E-state index contributed by atoms with van der Waals surface area (Å²) in [6.07, 6.45) is 1.67. The van der Waals surface area contributed by atoms with Gasteiger partial charge in [-0.3, -0.25) is 4.98 Å². The minimum absolute atomic E-state index is 0.528. The summed E-state index contributed by atoms with van der Waals surface area (Å²) in [5.74, 6) is 0. The lowest BCUT2D eigenvalue weighted by molar-refractivity contribution is 1.33. The van der Waals surface area contributed by atoms with E-state index in [4.69, 9.17) is 11.5 Å². The van der Waals surface area contributed by atoms with Crippen LogP contribution in [0.2, 0.25) is 0 Å². The van der Waals surface area contributed by atoms with Gasteiger partial charge in [0.2, 0.25) is 0 Å². The summed E-state index contributed by atoms with van der Waals surface area (Å²) < 4.78 is 0. The molecule has 20 heavy (non-hydrogen) atoms. The highest BCUT2D eigenvalue weighted by Crippen LogP contribution is 2.29. The summed E-state index contributed by atoms with van der Waals surface area (Å²) in [6, 6.07) is 20.1. The van der Waals surface area contributed by atoms with Crippen molar-refractivity contribution in [3.63, 3.8) is 0 Å². The number of hydrogen-bond acceptors (Lipinski definition) is 3. The van der Waals surface area contributed by atoms with Crippen molar-refractivity contribution in [1.82, 2.24) is 4.98 Å². The first-order valence-corrected chi connectivity index (χ1v) is 6.41. The third-order valence-electron chi connectivity index (χ3n) is 3.29. The summed E-state index contributed by atoms with van der Waals surface area (Å²) in [5.41, 5.74) is 16.9. The van der Waals surface area contributed by atoms with E-state index in [1.165, 1.54) is 5.56 Å². The van der Waals surface area contributed by atoms with Gasteiger partial charge >= 0.3 is 0 Å². The molecule has 0 bridgehead atoms. The highest BCUT2D eigenvalue weighted by molar-refractivity contribution is 5.82. The van der Waals surface area contributed by atoms with Crippen LogP contribution in [0.4, 0.5) is 11.4 Å². The summed E-state index contributed by atoms with van der Waals surface area (Å²) in [4.78, 5) is 4.31. The number of hydrogen-bond donors (Lipinski definition) is 2. The second kappa shape index (κ2) is 5.05. The molecule has 0 saturated carbocycles. The second-order valence-corrected chi connectivity index (χ2v) is 4.61. The van der Waals surface area contributed by atoms with Gasteiger partial charge < -0.3 is 11.5 Å². The van der Waals surface area contributed by atoms with Crippen LogP contribution in [0.3, 0.4) is 0 Å². The van der Waals surface area contributed by atoms with E-state index in [-0.39, 0.29) is 0 Å². The Bertz CT molecular complexity index is 719. The van der Waals surface area contributed by atoms with Gasteiger partial charge in [0, 0.05) is 11.8 Å². The molecular weight excluding hydrogens is 246 g/mol. The highest BCUT2D eigenvalue weighted by atomic mass is 14.8. The zero-order valence-corrected chi connectivity index (χ0v) is 11.0. The number of pyridine rings is 1. The van der Waals surface area contributed by atoms with Crippen molar-refractivity contribution in [2.24, 2.45) is 0 Å². The average molecular weight is 261 g/mol. The summed E-state index contributed by atoms with van der Waals surface area (Å²) in [5, 5.41) is 0. The zero-order chi connectivity index (χ0) is 13.9. The molecule has 3 nitrogen and oxygen atoms in total. The fourth-order valence-corrected chi connectivity index (χ4v) is 2.17. The number of nitrogen functional groups attached to an aromatic ring is 2. The van der Waals surface area contributed by atoms with Crippen molar-refractivity contribution in [3.05, 3.63) is 66.9 Å². The number of anilines is 2. The predicted octanol–water partition coefficient (Wildman–Crippen LogP) is 3.58. The number of nitrogens with zero attached hydrogens (tertiary/aromatic N) is 1. The first kappa shape index (κ1) is 12.2. The quantitative estimate of drug-likeness (QED) is 0.741. The molecular formula is C17H15N3. The fourth-order valence-electron chi connectivity index (χ4n) is 2.17. The third-order valence-corrected chi connectivity index (χ3v) is 3.29. The lowest BCUT2D eigenvalue weighted by Gasteiger charge is -2.08. The second-order valence-electron chi connectivity index (χ2n) is 4.61. The normalized spacial score (nSPS) is 10.4. The van der Waals surface area contributed by atoms with Gasteiger partial charge in [-0.25, -0.2) is 0 Å². The molecule has 0 spiro atoms. The molecule has 0 atom stereocenters. The molecule has 3 rings (SSSR count). The van der Waals surface area contributed by atoms with Gasteiger partial charge in [-0.15, -0.1) is 0 Å². The first-order valence-electron chi connectivity index (χ1n) is 6.41. The van der Waals surface area contributed by atoms with E-state index in [1.54, 1.807) is 12.3 Å². The number of nitrogens with two attached hydrogens (primary N) is 2. The number of benzene rings is 2. The molecule has 0 fully saturated rings. The molecule has 98 valence electrons. The van der Waals surface area contributed by atoms with E-state index in [0.29, 0.717) is 11.4 Å². The van der Waals surface area contributed by atoms with E-state index in [1.807, 2.05) is 30.3 Å². The van der Waals surface area contributed by atoms with Crippen LogP contribution in [-0.4, -0.2) is 4.98 Å². The van der Waals surface area contributed by atoms with Gasteiger partial charge in [-0.1, -0.05) is 54.6 Å². The lowest BCUT2D eigenvalue weighted by Crippen LogP contribution is -1.98. The van der Waals surface area contributed by atoms with Crippen LogP contribution >= 0.6 is 0 Å². The lowest BCUT2D eigenvalue weighted by atomic mass is 10.0. The molecule has 3 heteroatoms. The van der Waals surface area contributed by atoms with Crippen molar-refractivity contribution in [3.8, 4) is 22.4 Å². The van der Waals surface area contributed by atoms with Crippen LogP contribution < -0.4 is 11.5 Å². The van der Waals surface area contributed by atoms with E-state index in [2.05, 4.69) is 29.2 Å². The molecule has 0 saturated heterocycles. The van der Waals surface area contributed by atoms with Crippen molar-refractivity contribution < 1.29 is 0 Å². The largest absolute Gasteiger partial charge is 0.397 e. The Kier molecular flexibility index (Phi) is 3.09. The van der Waals surface area contributed by atoms with Crippen LogP contribution in [0.25, 0.3) is 22.4 Å². The van der Waals surface area contributed by atoms with Gasteiger partial charge in [0.15, 0.2) is 0 Å². The fraction of sp³-hybridized carbons (Fsp3) is 0. The van der Waals surface area contributed by atoms with Crippen LogP contribution in [0, 0.1) is 0 Å². The standard InChI is InChI=1S/C17H15N3/c18-15-10-11-20-17(16(15)19)14-8-6-13(7-9-14)12-4-2-1-3-5-12/h1-11H,19H2,(H2,18,20). The zero-order valence-electron chi connectivity index (χ0n) is 11.0. The smallest absolute Gasteiger partial charge is 0.0952 e. The summed E-state index contributed by atoms with van der Waals surface area (Å²) in [6.45, 7) is 0. The topological polar surface area (TPSA) is 64.9 Å². The van der Waals surface area contributed by atoms with Crippen molar-refractivity contribution in [2.75, 3.05) is 11.5 Å². The molecule has 0 aliphatic heterocycles.